The smallest absolute Gasteiger partial charge is 0.325 e. The highest BCUT2D eigenvalue weighted by Gasteiger charge is 2.52. The molecule has 3 aliphatic rings. The standard InChI is InChI=1S/C20H25N3O5S/c1-2-20(14-6-4-3-5-7-14)18(25)22(19(26)21-20)12-17(24)23(15-8-9-15)16-10-11-29(27,28)13-16/h3-7,15-16H,2,8-13H2,1H3,(H,21,26)/t16-,20-/m0/s1. The van der Waals surface area contributed by atoms with Gasteiger partial charge in [0.1, 0.15) is 12.1 Å². The number of carbonyl (C=O) groups excluding carboxylic acids is 3. The van der Waals surface area contributed by atoms with Gasteiger partial charge in [-0.15, -0.1) is 0 Å². The minimum absolute atomic E-state index is 0.00613. The fourth-order valence-electron chi connectivity index (χ4n) is 4.40. The molecule has 3 fully saturated rings. The number of imide groups is 1. The lowest BCUT2D eigenvalue weighted by Gasteiger charge is -2.30. The maximum absolute atomic E-state index is 13.2. The minimum Gasteiger partial charge on any atom is -0.334 e. The van der Waals surface area contributed by atoms with Crippen molar-refractivity contribution in [3.8, 4) is 0 Å². The van der Waals surface area contributed by atoms with Crippen molar-refractivity contribution in [2.45, 2.75) is 50.2 Å². The third-order valence-electron chi connectivity index (χ3n) is 6.10. The summed E-state index contributed by atoms with van der Waals surface area (Å²) < 4.78 is 23.7. The fourth-order valence-corrected chi connectivity index (χ4v) is 6.11. The molecule has 2 heterocycles. The largest absolute Gasteiger partial charge is 0.334 e. The number of carbonyl (C=O) groups is 3. The second-order valence-electron chi connectivity index (χ2n) is 8.04. The molecule has 1 aliphatic carbocycles. The van der Waals surface area contributed by atoms with Crippen molar-refractivity contribution in [3.63, 3.8) is 0 Å². The lowest BCUT2D eigenvalue weighted by atomic mass is 9.87. The Morgan fingerprint density at radius 3 is 2.41 bits per heavy atom. The van der Waals surface area contributed by atoms with E-state index in [0.29, 0.717) is 18.4 Å². The van der Waals surface area contributed by atoms with E-state index in [1.165, 1.54) is 0 Å². The quantitative estimate of drug-likeness (QED) is 0.694. The highest BCUT2D eigenvalue weighted by atomic mass is 32.2. The predicted octanol–water partition coefficient (Wildman–Crippen LogP) is 1.02. The van der Waals surface area contributed by atoms with Crippen LogP contribution in [0.1, 0.15) is 38.2 Å². The van der Waals surface area contributed by atoms with Crippen LogP contribution in [0.15, 0.2) is 30.3 Å². The average molecular weight is 420 g/mol. The van der Waals surface area contributed by atoms with E-state index >= 15 is 0 Å². The van der Waals surface area contributed by atoms with Gasteiger partial charge in [-0.2, -0.15) is 0 Å². The summed E-state index contributed by atoms with van der Waals surface area (Å²) in [7, 11) is -3.14. The zero-order chi connectivity index (χ0) is 20.8. The number of hydrogen-bond donors (Lipinski definition) is 1. The van der Waals surface area contributed by atoms with E-state index in [4.69, 9.17) is 0 Å². The third kappa shape index (κ3) is 3.52. The van der Waals surface area contributed by atoms with Gasteiger partial charge in [0, 0.05) is 12.1 Å². The number of sulfone groups is 1. The zero-order valence-electron chi connectivity index (χ0n) is 16.3. The molecule has 0 spiro atoms. The van der Waals surface area contributed by atoms with Gasteiger partial charge in [0.2, 0.25) is 5.91 Å². The summed E-state index contributed by atoms with van der Waals surface area (Å²) in [5.41, 5.74) is -0.503. The number of amides is 4. The van der Waals surface area contributed by atoms with Gasteiger partial charge in [-0.3, -0.25) is 14.5 Å². The van der Waals surface area contributed by atoms with Crippen LogP contribution in [0.2, 0.25) is 0 Å². The van der Waals surface area contributed by atoms with E-state index in [2.05, 4.69) is 5.32 Å². The van der Waals surface area contributed by atoms with Crippen LogP contribution in [-0.4, -0.2) is 66.2 Å². The van der Waals surface area contributed by atoms with Crippen LogP contribution in [0.4, 0.5) is 4.79 Å². The topological polar surface area (TPSA) is 104 Å². The van der Waals surface area contributed by atoms with Crippen molar-refractivity contribution in [2.24, 2.45) is 0 Å². The Kier molecular flexibility index (Phi) is 4.88. The molecule has 0 aromatic heterocycles. The molecule has 9 heteroatoms. The number of hydrogen-bond acceptors (Lipinski definition) is 5. The molecule has 4 rings (SSSR count). The lowest BCUT2D eigenvalue weighted by Crippen LogP contribution is -2.49. The molecule has 2 atom stereocenters. The van der Waals surface area contributed by atoms with E-state index in [0.717, 1.165) is 17.7 Å². The van der Waals surface area contributed by atoms with Gasteiger partial charge in [-0.1, -0.05) is 37.3 Å². The van der Waals surface area contributed by atoms with Crippen LogP contribution >= 0.6 is 0 Å². The van der Waals surface area contributed by atoms with Crippen LogP contribution in [-0.2, 0) is 25.0 Å². The van der Waals surface area contributed by atoms with Gasteiger partial charge in [-0.05, 0) is 31.2 Å². The first-order chi connectivity index (χ1) is 13.8. The van der Waals surface area contributed by atoms with Crippen molar-refractivity contribution < 1.29 is 22.8 Å². The Hall–Kier alpha value is -2.42. The molecular formula is C20H25N3O5S. The van der Waals surface area contributed by atoms with Gasteiger partial charge < -0.3 is 10.2 Å². The fraction of sp³-hybridized carbons (Fsp3) is 0.550. The Balaban J connectivity index is 1.55. The number of nitrogens with one attached hydrogen (secondary N) is 1. The summed E-state index contributed by atoms with van der Waals surface area (Å²) in [6.45, 7) is 1.45. The first-order valence-electron chi connectivity index (χ1n) is 9.98. The molecule has 0 radical (unpaired) electrons. The first-order valence-corrected chi connectivity index (χ1v) is 11.8. The van der Waals surface area contributed by atoms with E-state index in [9.17, 15) is 22.8 Å². The van der Waals surface area contributed by atoms with E-state index in [-0.39, 0.29) is 36.0 Å². The predicted molar refractivity (Wildman–Crippen MR) is 106 cm³/mol. The molecule has 1 aromatic carbocycles. The van der Waals surface area contributed by atoms with Crippen LogP contribution < -0.4 is 5.32 Å². The number of nitrogens with zero attached hydrogens (tertiary/aromatic N) is 2. The maximum Gasteiger partial charge on any atom is 0.325 e. The highest BCUT2D eigenvalue weighted by molar-refractivity contribution is 7.91. The molecule has 2 saturated heterocycles. The monoisotopic (exact) mass is 419 g/mol. The Morgan fingerprint density at radius 2 is 1.86 bits per heavy atom. The van der Waals surface area contributed by atoms with Gasteiger partial charge in [0.15, 0.2) is 9.84 Å². The molecule has 2 aliphatic heterocycles. The molecule has 156 valence electrons. The number of rotatable bonds is 6. The molecule has 8 nitrogen and oxygen atoms in total. The average Bonchev–Trinajstić information content (AvgIpc) is 3.41. The molecule has 1 aromatic rings. The molecule has 0 bridgehead atoms. The second-order valence-corrected chi connectivity index (χ2v) is 10.3. The summed E-state index contributed by atoms with van der Waals surface area (Å²) in [6.07, 6.45) is 2.42. The first kappa shape index (κ1) is 19.9. The second kappa shape index (κ2) is 7.12. The number of urea groups is 1. The molecule has 1 saturated carbocycles. The van der Waals surface area contributed by atoms with Gasteiger partial charge in [-0.25, -0.2) is 13.2 Å². The van der Waals surface area contributed by atoms with Crippen molar-refractivity contribution in [3.05, 3.63) is 35.9 Å². The van der Waals surface area contributed by atoms with Crippen LogP contribution in [0.5, 0.6) is 0 Å². The van der Waals surface area contributed by atoms with Crippen LogP contribution in [0.3, 0.4) is 0 Å². The van der Waals surface area contributed by atoms with Gasteiger partial charge >= 0.3 is 6.03 Å². The Labute approximate surface area is 170 Å². The van der Waals surface area contributed by atoms with Crippen molar-refractivity contribution in [1.82, 2.24) is 15.1 Å². The van der Waals surface area contributed by atoms with Crippen molar-refractivity contribution in [1.29, 1.82) is 0 Å². The zero-order valence-corrected chi connectivity index (χ0v) is 17.2. The normalized spacial score (nSPS) is 28.4. The molecule has 4 amide bonds. The molecule has 29 heavy (non-hydrogen) atoms. The summed E-state index contributed by atoms with van der Waals surface area (Å²) >= 11 is 0. The summed E-state index contributed by atoms with van der Waals surface area (Å²) in [6, 6.07) is 8.05. The van der Waals surface area contributed by atoms with Gasteiger partial charge in [0.05, 0.1) is 11.5 Å². The van der Waals surface area contributed by atoms with Crippen molar-refractivity contribution >= 4 is 27.7 Å². The third-order valence-corrected chi connectivity index (χ3v) is 7.85. The lowest BCUT2D eigenvalue weighted by molar-refractivity contribution is -0.140. The number of benzene rings is 1. The summed E-state index contributed by atoms with van der Waals surface area (Å²) in [5, 5.41) is 2.78. The minimum atomic E-state index is -3.14. The van der Waals surface area contributed by atoms with Gasteiger partial charge in [0.25, 0.3) is 5.91 Å². The SMILES string of the molecule is CC[C@@]1(c2ccccc2)NC(=O)N(CC(=O)N(C2CC2)[C@H]2CCS(=O)(=O)C2)C1=O. The van der Waals surface area contributed by atoms with E-state index in [1.54, 1.807) is 29.2 Å². The van der Waals surface area contributed by atoms with Crippen LogP contribution in [0.25, 0.3) is 0 Å². The molecular weight excluding hydrogens is 394 g/mol. The van der Waals surface area contributed by atoms with Crippen molar-refractivity contribution in [2.75, 3.05) is 18.1 Å². The Bertz CT molecular complexity index is 944. The van der Waals surface area contributed by atoms with E-state index in [1.807, 2.05) is 13.0 Å². The molecule has 0 unspecified atom stereocenters. The summed E-state index contributed by atoms with van der Waals surface area (Å²) in [4.78, 5) is 41.5. The maximum atomic E-state index is 13.2. The van der Waals surface area contributed by atoms with Crippen LogP contribution in [0, 0.1) is 0 Å². The Morgan fingerprint density at radius 1 is 1.17 bits per heavy atom. The van der Waals surface area contributed by atoms with E-state index < -0.39 is 27.3 Å². The summed E-state index contributed by atoms with van der Waals surface area (Å²) in [5.74, 6) is -0.778. The highest BCUT2D eigenvalue weighted by Crippen LogP contribution is 2.35. The molecule has 1 N–H and O–H groups in total.